The van der Waals surface area contributed by atoms with Crippen LogP contribution in [0.15, 0.2) is 29.1 Å². The van der Waals surface area contributed by atoms with E-state index in [0.29, 0.717) is 6.92 Å². The molecule has 0 saturated carbocycles. The van der Waals surface area contributed by atoms with Gasteiger partial charge in [0, 0.05) is 6.20 Å². The molecule has 5 atom stereocenters. The molecule has 0 radical (unpaired) electrons. The molecule has 1 aromatic rings. The maximum absolute atomic E-state index is 14.8. The van der Waals surface area contributed by atoms with E-state index in [2.05, 4.69) is 18.1 Å². The van der Waals surface area contributed by atoms with Gasteiger partial charge in [0.1, 0.15) is 18.2 Å². The Kier molecular flexibility index (Phi) is 8.44. The minimum atomic E-state index is -5.90. The number of halogens is 2. The summed E-state index contributed by atoms with van der Waals surface area (Å²) in [5.74, 6) is -2.39. The lowest BCUT2D eigenvalue weighted by Crippen LogP contribution is -2.46. The van der Waals surface area contributed by atoms with Crippen molar-refractivity contribution in [1.82, 2.24) is 9.55 Å². The minimum Gasteiger partial charge on any atom is -0.409 e. The summed E-state index contributed by atoms with van der Waals surface area (Å²) in [5.41, 5.74) is 0.538. The second-order valence-electron chi connectivity index (χ2n) is 5.67. The van der Waals surface area contributed by atoms with Gasteiger partial charge < -0.3 is 35.2 Å². The van der Waals surface area contributed by atoms with Gasteiger partial charge in [0.15, 0.2) is 17.7 Å². The van der Waals surface area contributed by atoms with Crippen LogP contribution in [0.5, 0.6) is 0 Å². The summed E-state index contributed by atoms with van der Waals surface area (Å²) in [6.45, 7) is 0.420. The van der Waals surface area contributed by atoms with Gasteiger partial charge in [0.25, 0.3) is 0 Å². The molecule has 1 heterocycles. The van der Waals surface area contributed by atoms with E-state index in [4.69, 9.17) is 20.4 Å². The Balaban J connectivity index is 3.01. The van der Waals surface area contributed by atoms with Gasteiger partial charge in [-0.25, -0.2) is 27.3 Å². The van der Waals surface area contributed by atoms with Crippen LogP contribution >= 0.6 is 23.5 Å². The SMILES string of the molecule is CC(F)(C(O)C(F)=COP(=O)(O)OP(=O)(O)OP(=O)(O)O)C(O)n1ccc(N)nc1=O. The van der Waals surface area contributed by atoms with Crippen molar-refractivity contribution in [1.29, 1.82) is 0 Å². The van der Waals surface area contributed by atoms with E-state index in [0.717, 1.165) is 12.3 Å². The fraction of sp³-hybridized carbons (Fsp3) is 0.400. The van der Waals surface area contributed by atoms with Crippen molar-refractivity contribution in [3.05, 3.63) is 34.8 Å². The van der Waals surface area contributed by atoms with Crippen LogP contribution in [-0.2, 0) is 26.8 Å². The van der Waals surface area contributed by atoms with E-state index in [1.807, 2.05) is 0 Å². The number of nitrogens with zero attached hydrogens (tertiary/aromatic N) is 2. The second kappa shape index (κ2) is 9.52. The monoisotopic (exact) mass is 517 g/mol. The Labute approximate surface area is 170 Å². The highest BCUT2D eigenvalue weighted by atomic mass is 31.3. The molecular formula is C10H16F2N3O13P3. The molecule has 16 nitrogen and oxygen atoms in total. The zero-order valence-electron chi connectivity index (χ0n) is 15.0. The predicted octanol–water partition coefficient (Wildman–Crippen LogP) is -0.440. The highest BCUT2D eigenvalue weighted by Crippen LogP contribution is 2.66. The van der Waals surface area contributed by atoms with Gasteiger partial charge in [-0.2, -0.15) is 13.6 Å². The Bertz CT molecular complexity index is 1040. The number of aliphatic hydroxyl groups is 2. The van der Waals surface area contributed by atoms with Gasteiger partial charge in [0.2, 0.25) is 0 Å². The molecular weight excluding hydrogens is 501 g/mol. The van der Waals surface area contributed by atoms with E-state index in [9.17, 15) is 42.4 Å². The lowest BCUT2D eigenvalue weighted by atomic mass is 9.98. The van der Waals surface area contributed by atoms with Crippen LogP contribution in [0, 0.1) is 0 Å². The van der Waals surface area contributed by atoms with Crippen molar-refractivity contribution in [2.24, 2.45) is 0 Å². The molecule has 21 heteroatoms. The van der Waals surface area contributed by atoms with E-state index in [1.165, 1.54) is 0 Å². The minimum absolute atomic E-state index is 0.231. The van der Waals surface area contributed by atoms with Crippen molar-refractivity contribution < 1.29 is 65.4 Å². The molecule has 0 fully saturated rings. The Morgan fingerprint density at radius 1 is 1.23 bits per heavy atom. The first kappa shape index (κ1) is 27.5. The first-order chi connectivity index (χ1) is 13.8. The molecule has 8 N–H and O–H groups in total. The van der Waals surface area contributed by atoms with E-state index >= 15 is 0 Å². The van der Waals surface area contributed by atoms with E-state index in [-0.39, 0.29) is 10.4 Å². The largest absolute Gasteiger partial charge is 0.535 e. The number of rotatable bonds is 10. The van der Waals surface area contributed by atoms with Crippen molar-refractivity contribution in [2.75, 3.05) is 5.73 Å². The molecule has 0 amide bonds. The highest BCUT2D eigenvalue weighted by molar-refractivity contribution is 7.66. The molecule has 0 spiro atoms. The van der Waals surface area contributed by atoms with E-state index < -0.39 is 59.2 Å². The molecule has 5 unspecified atom stereocenters. The average Bonchev–Trinajstić information content (AvgIpc) is 2.55. The first-order valence-corrected chi connectivity index (χ1v) is 11.9. The Morgan fingerprint density at radius 2 is 1.77 bits per heavy atom. The molecule has 0 aliphatic carbocycles. The smallest absolute Gasteiger partial charge is 0.409 e. The van der Waals surface area contributed by atoms with Gasteiger partial charge >= 0.3 is 29.2 Å². The van der Waals surface area contributed by atoms with Crippen molar-refractivity contribution in [2.45, 2.75) is 24.9 Å². The van der Waals surface area contributed by atoms with E-state index in [1.54, 1.807) is 0 Å². The maximum atomic E-state index is 14.8. The topological polar surface area (TPSA) is 261 Å². The molecule has 0 aliphatic rings. The molecule has 178 valence electrons. The summed E-state index contributed by atoms with van der Waals surface area (Å²) in [4.78, 5) is 49.7. The van der Waals surface area contributed by atoms with Crippen LogP contribution in [0.25, 0.3) is 0 Å². The fourth-order valence-corrected chi connectivity index (χ4v) is 4.67. The number of aromatic nitrogens is 2. The zero-order valence-corrected chi connectivity index (χ0v) is 17.7. The average molecular weight is 517 g/mol. The molecule has 1 aromatic heterocycles. The second-order valence-corrected chi connectivity index (χ2v) is 10.0. The third-order valence-electron chi connectivity index (χ3n) is 3.13. The normalized spacial score (nSPS) is 20.7. The van der Waals surface area contributed by atoms with Crippen molar-refractivity contribution in [3.63, 3.8) is 0 Å². The fourth-order valence-electron chi connectivity index (χ4n) is 1.78. The van der Waals surface area contributed by atoms with Crippen LogP contribution in [0.4, 0.5) is 14.6 Å². The number of hydrogen-bond donors (Lipinski definition) is 7. The summed E-state index contributed by atoms with van der Waals surface area (Å²) in [7, 11) is -17.4. The number of anilines is 1. The third kappa shape index (κ3) is 8.14. The molecule has 31 heavy (non-hydrogen) atoms. The summed E-state index contributed by atoms with van der Waals surface area (Å²) in [6.07, 6.45) is -5.21. The number of nitrogen functional groups attached to an aromatic ring is 1. The number of hydrogen-bond acceptors (Lipinski definition) is 11. The summed E-state index contributed by atoms with van der Waals surface area (Å²) in [6, 6.07) is 0.967. The highest BCUT2D eigenvalue weighted by Gasteiger charge is 2.46. The van der Waals surface area contributed by atoms with Gasteiger partial charge in [-0.05, 0) is 13.0 Å². The number of phosphoric acid groups is 3. The zero-order chi connectivity index (χ0) is 24.4. The lowest BCUT2D eigenvalue weighted by Gasteiger charge is -2.30. The molecule has 0 aromatic carbocycles. The van der Waals surface area contributed by atoms with Crippen LogP contribution in [0.1, 0.15) is 13.2 Å². The van der Waals surface area contributed by atoms with Crippen LogP contribution in [-0.4, -0.2) is 51.1 Å². The third-order valence-corrected chi connectivity index (χ3v) is 6.83. The number of aliphatic hydroxyl groups excluding tert-OH is 2. The lowest BCUT2D eigenvalue weighted by molar-refractivity contribution is -0.110. The summed E-state index contributed by atoms with van der Waals surface area (Å²) >= 11 is 0. The Hall–Kier alpha value is -1.55. The Morgan fingerprint density at radius 3 is 2.26 bits per heavy atom. The predicted molar refractivity (Wildman–Crippen MR) is 93.8 cm³/mol. The van der Waals surface area contributed by atoms with Crippen molar-refractivity contribution >= 4 is 29.3 Å². The van der Waals surface area contributed by atoms with Crippen LogP contribution in [0.2, 0.25) is 0 Å². The number of phosphoric ester groups is 1. The van der Waals surface area contributed by atoms with Gasteiger partial charge in [0.05, 0.1) is 0 Å². The molecule has 1 rings (SSSR count). The number of alkyl halides is 1. The summed E-state index contributed by atoms with van der Waals surface area (Å²) in [5, 5.41) is 19.7. The van der Waals surface area contributed by atoms with Crippen LogP contribution in [0.3, 0.4) is 0 Å². The summed E-state index contributed by atoms with van der Waals surface area (Å²) < 4.78 is 72.5. The van der Waals surface area contributed by atoms with Gasteiger partial charge in [-0.3, -0.25) is 9.46 Å². The molecule has 0 aliphatic heterocycles. The number of nitrogens with two attached hydrogens (primary N) is 1. The molecule has 0 bridgehead atoms. The standard InChI is InChI=1S/C10H16F2N3O13P3/c1-10(12,8(17)15-3-2-6(13)14-9(15)18)7(16)5(11)4-26-30(22,23)28-31(24,25)27-29(19,20)21/h2-4,7-8,16-17H,1H3,(H,22,23)(H,24,25)(H2,13,14,18)(H2,19,20,21). The van der Waals surface area contributed by atoms with Crippen molar-refractivity contribution in [3.8, 4) is 0 Å². The van der Waals surface area contributed by atoms with Crippen LogP contribution < -0.4 is 11.4 Å². The molecule has 0 saturated heterocycles. The first-order valence-electron chi connectivity index (χ1n) is 7.35. The maximum Gasteiger partial charge on any atom is 0.535 e. The van der Waals surface area contributed by atoms with Gasteiger partial charge in [-0.15, -0.1) is 0 Å². The van der Waals surface area contributed by atoms with Gasteiger partial charge in [-0.1, -0.05) is 0 Å². The quantitative estimate of drug-likeness (QED) is 0.153.